The zero-order valence-electron chi connectivity index (χ0n) is 12.6. The molecule has 0 amide bonds. The zero-order chi connectivity index (χ0) is 15.0. The van der Waals surface area contributed by atoms with Gasteiger partial charge in [0.05, 0.1) is 18.1 Å². The average molecular weight is 298 g/mol. The molecule has 7 rings (SSSR count). The Labute approximate surface area is 128 Å². The van der Waals surface area contributed by atoms with E-state index in [2.05, 4.69) is 26.0 Å². The SMILES string of the molecule is Cc1ccc2c3c1C1OC4C(C)[C@@]5(CC2)C(=O)O[C@@H]4[C@@H]1[C@@]35O. The first-order valence-corrected chi connectivity index (χ1v) is 8.23. The van der Waals surface area contributed by atoms with Crippen molar-refractivity contribution < 1.29 is 19.4 Å². The molecule has 3 saturated heterocycles. The molecule has 22 heavy (non-hydrogen) atoms. The Morgan fingerprint density at radius 2 is 2.14 bits per heavy atom. The van der Waals surface area contributed by atoms with Gasteiger partial charge in [0.15, 0.2) is 0 Å². The number of benzene rings is 1. The maximum Gasteiger partial charge on any atom is 0.316 e. The summed E-state index contributed by atoms with van der Waals surface area (Å²) in [5.74, 6) is -0.322. The topological polar surface area (TPSA) is 55.8 Å². The van der Waals surface area contributed by atoms with Crippen LogP contribution in [-0.4, -0.2) is 23.3 Å². The molecule has 4 heteroatoms. The number of fused-ring (bicyclic) bond motifs is 2. The number of aliphatic hydroxyl groups is 1. The Morgan fingerprint density at radius 1 is 1.32 bits per heavy atom. The van der Waals surface area contributed by atoms with E-state index < -0.39 is 11.0 Å². The van der Waals surface area contributed by atoms with Gasteiger partial charge in [0.25, 0.3) is 0 Å². The molecule has 1 spiro atoms. The van der Waals surface area contributed by atoms with E-state index in [4.69, 9.17) is 9.47 Å². The molecule has 3 aliphatic heterocycles. The van der Waals surface area contributed by atoms with Crippen LogP contribution in [0.5, 0.6) is 0 Å². The number of carbonyl (C=O) groups is 1. The lowest BCUT2D eigenvalue weighted by Crippen LogP contribution is -2.72. The monoisotopic (exact) mass is 298 g/mol. The van der Waals surface area contributed by atoms with Crippen LogP contribution >= 0.6 is 0 Å². The van der Waals surface area contributed by atoms with E-state index in [1.54, 1.807) is 0 Å². The van der Waals surface area contributed by atoms with Gasteiger partial charge >= 0.3 is 5.97 Å². The second-order valence-electron chi connectivity index (χ2n) is 7.77. The quantitative estimate of drug-likeness (QED) is 0.742. The van der Waals surface area contributed by atoms with Crippen LogP contribution in [0.15, 0.2) is 12.1 Å². The molecule has 1 aromatic carbocycles. The molecule has 4 nitrogen and oxygen atoms in total. The van der Waals surface area contributed by atoms with Crippen LogP contribution in [0.1, 0.15) is 41.7 Å². The standard InChI is InChI=1S/C18H18O4/c1-7-3-4-9-5-6-17-8(2)13-15(22-16(17)19)12-14(21-13)10(7)11(9)18(12,17)20/h3-4,8,12-15,20H,5-6H2,1-2H3/t8?,12-,13?,14?,15-,17+,18+/m1/s1. The molecule has 4 bridgehead atoms. The second kappa shape index (κ2) is 3.13. The van der Waals surface area contributed by atoms with Gasteiger partial charge in [-0.25, -0.2) is 0 Å². The van der Waals surface area contributed by atoms with Crippen molar-refractivity contribution in [2.45, 2.75) is 50.6 Å². The second-order valence-corrected chi connectivity index (χ2v) is 7.77. The highest BCUT2D eigenvalue weighted by atomic mass is 16.6. The van der Waals surface area contributed by atoms with Crippen LogP contribution in [0.4, 0.5) is 0 Å². The zero-order valence-corrected chi connectivity index (χ0v) is 12.6. The summed E-state index contributed by atoms with van der Waals surface area (Å²) in [6.45, 7) is 4.14. The van der Waals surface area contributed by atoms with Crippen molar-refractivity contribution in [3.8, 4) is 0 Å². The average Bonchev–Trinajstić information content (AvgIpc) is 2.96. The fourth-order valence-electron chi connectivity index (χ4n) is 6.49. The van der Waals surface area contributed by atoms with Gasteiger partial charge in [-0.3, -0.25) is 4.79 Å². The van der Waals surface area contributed by atoms with Crippen LogP contribution in [0.2, 0.25) is 0 Å². The fourth-order valence-corrected chi connectivity index (χ4v) is 6.49. The number of hydrogen-bond acceptors (Lipinski definition) is 4. The summed E-state index contributed by atoms with van der Waals surface area (Å²) in [6.07, 6.45) is 1.01. The Bertz CT molecular complexity index is 771. The van der Waals surface area contributed by atoms with Crippen LogP contribution in [-0.2, 0) is 26.3 Å². The van der Waals surface area contributed by atoms with Gasteiger partial charge in [-0.05, 0) is 42.0 Å². The predicted molar refractivity (Wildman–Crippen MR) is 76.0 cm³/mol. The molecule has 114 valence electrons. The first-order valence-electron chi connectivity index (χ1n) is 8.23. The van der Waals surface area contributed by atoms with Gasteiger partial charge in [0.1, 0.15) is 17.1 Å². The third-order valence-electron chi connectivity index (χ3n) is 7.35. The van der Waals surface area contributed by atoms with E-state index in [9.17, 15) is 9.90 Å². The predicted octanol–water partition coefficient (Wildman–Crippen LogP) is 1.76. The van der Waals surface area contributed by atoms with Gasteiger partial charge in [-0.1, -0.05) is 19.1 Å². The molecule has 1 aromatic rings. The molecular formula is C18H18O4. The minimum Gasteiger partial charge on any atom is -0.459 e. The van der Waals surface area contributed by atoms with Gasteiger partial charge in [0, 0.05) is 5.92 Å². The first-order chi connectivity index (χ1) is 10.5. The van der Waals surface area contributed by atoms with Crippen molar-refractivity contribution in [1.29, 1.82) is 0 Å². The Morgan fingerprint density at radius 3 is 2.95 bits per heavy atom. The van der Waals surface area contributed by atoms with Crippen molar-refractivity contribution in [3.05, 3.63) is 34.4 Å². The Hall–Kier alpha value is -1.39. The molecular weight excluding hydrogens is 280 g/mol. The first kappa shape index (κ1) is 12.1. The Kier molecular flexibility index (Phi) is 1.72. The lowest BCUT2D eigenvalue weighted by atomic mass is 9.47. The summed E-state index contributed by atoms with van der Waals surface area (Å²) < 4.78 is 12.1. The lowest BCUT2D eigenvalue weighted by molar-refractivity contribution is -0.275. The van der Waals surface area contributed by atoms with E-state index in [1.807, 2.05) is 0 Å². The van der Waals surface area contributed by atoms with E-state index in [-0.39, 0.29) is 36.1 Å². The summed E-state index contributed by atoms with van der Waals surface area (Å²) in [5.41, 5.74) is 2.56. The molecule has 1 saturated carbocycles. The van der Waals surface area contributed by atoms with Crippen LogP contribution in [0.3, 0.4) is 0 Å². The maximum atomic E-state index is 12.8. The van der Waals surface area contributed by atoms with Crippen molar-refractivity contribution in [1.82, 2.24) is 0 Å². The van der Waals surface area contributed by atoms with Crippen LogP contribution in [0.25, 0.3) is 0 Å². The van der Waals surface area contributed by atoms with Gasteiger partial charge < -0.3 is 14.6 Å². The molecule has 1 N–H and O–H groups in total. The summed E-state index contributed by atoms with van der Waals surface area (Å²) in [6, 6.07) is 4.25. The maximum absolute atomic E-state index is 12.8. The van der Waals surface area contributed by atoms with Crippen LogP contribution < -0.4 is 0 Å². The molecule has 6 aliphatic rings. The highest BCUT2D eigenvalue weighted by molar-refractivity contribution is 5.84. The molecule has 4 fully saturated rings. The third kappa shape index (κ3) is 0.846. The number of aryl methyl sites for hydroxylation is 2. The lowest BCUT2D eigenvalue weighted by Gasteiger charge is -2.61. The summed E-state index contributed by atoms with van der Waals surface area (Å²) in [5, 5.41) is 11.9. The van der Waals surface area contributed by atoms with Gasteiger partial charge in [-0.15, -0.1) is 0 Å². The number of ether oxygens (including phenoxy) is 2. The van der Waals surface area contributed by atoms with Crippen molar-refractivity contribution >= 4 is 5.97 Å². The van der Waals surface area contributed by atoms with Crippen molar-refractivity contribution in [3.63, 3.8) is 0 Å². The third-order valence-corrected chi connectivity index (χ3v) is 7.35. The smallest absolute Gasteiger partial charge is 0.316 e. The van der Waals surface area contributed by atoms with Gasteiger partial charge in [0.2, 0.25) is 0 Å². The normalized spacial score (nSPS) is 52.1. The number of esters is 1. The molecule has 3 heterocycles. The van der Waals surface area contributed by atoms with E-state index in [0.29, 0.717) is 6.42 Å². The number of carbonyl (C=O) groups excluding carboxylic acids is 1. The highest BCUT2D eigenvalue weighted by Crippen LogP contribution is 2.75. The summed E-state index contributed by atoms with van der Waals surface area (Å²) in [7, 11) is 0. The number of rotatable bonds is 0. The molecule has 0 aromatic heterocycles. The Balaban J connectivity index is 1.81. The molecule has 3 unspecified atom stereocenters. The minimum atomic E-state index is -1.10. The van der Waals surface area contributed by atoms with Crippen molar-refractivity contribution in [2.75, 3.05) is 0 Å². The largest absolute Gasteiger partial charge is 0.459 e. The van der Waals surface area contributed by atoms with E-state index in [1.165, 1.54) is 5.56 Å². The summed E-state index contributed by atoms with van der Waals surface area (Å²) >= 11 is 0. The minimum absolute atomic E-state index is 0.00631. The van der Waals surface area contributed by atoms with Crippen molar-refractivity contribution in [2.24, 2.45) is 17.3 Å². The van der Waals surface area contributed by atoms with Gasteiger partial charge in [-0.2, -0.15) is 0 Å². The summed E-state index contributed by atoms with van der Waals surface area (Å²) in [4.78, 5) is 12.8. The fraction of sp³-hybridized carbons (Fsp3) is 0.611. The molecule has 7 atom stereocenters. The van der Waals surface area contributed by atoms with E-state index in [0.717, 1.165) is 23.1 Å². The molecule has 0 radical (unpaired) electrons. The van der Waals surface area contributed by atoms with E-state index >= 15 is 0 Å². The molecule has 3 aliphatic carbocycles. The number of hydrogen-bond donors (Lipinski definition) is 1. The highest BCUT2D eigenvalue weighted by Gasteiger charge is 2.83. The van der Waals surface area contributed by atoms with Crippen LogP contribution in [0, 0.1) is 24.2 Å².